The average molecular weight is 733 g/mol. The largest absolute Gasteiger partial charge is 5.00 e. The first-order valence-electron chi connectivity index (χ1n) is 17.3. The summed E-state index contributed by atoms with van der Waals surface area (Å²) in [5.41, 5.74) is 14.7. The molecule has 0 saturated carbocycles. The van der Waals surface area contributed by atoms with Crippen LogP contribution in [0.2, 0.25) is 0 Å². The topological polar surface area (TPSA) is 69.5 Å². The van der Waals surface area contributed by atoms with E-state index in [2.05, 4.69) is 147 Å². The van der Waals surface area contributed by atoms with Gasteiger partial charge in [-0.15, -0.1) is 22.1 Å². The Morgan fingerprint density at radius 2 is 0.547 bits per heavy atom. The molecule has 0 amide bonds. The van der Waals surface area contributed by atoms with Crippen LogP contribution in [0.1, 0.15) is 22.8 Å². The molecular weight excluding hydrogens is 696 g/mol. The van der Waals surface area contributed by atoms with Gasteiger partial charge in [-0.3, -0.25) is 0 Å². The van der Waals surface area contributed by atoms with Crippen molar-refractivity contribution in [2.24, 2.45) is 28.2 Å². The second-order valence-electron chi connectivity index (χ2n) is 13.4. The zero-order valence-corrected chi connectivity index (χ0v) is 30.9. The quantitative estimate of drug-likeness (QED) is 0.168. The summed E-state index contributed by atoms with van der Waals surface area (Å²) in [6.07, 6.45) is 24.9. The van der Waals surface area contributed by atoms with Crippen molar-refractivity contribution >= 4 is 46.4 Å². The molecule has 7 aromatic rings. The Bertz CT molecular complexity index is 2370. The second kappa shape index (κ2) is 13.7. The van der Waals surface area contributed by atoms with E-state index >= 15 is 0 Å². The fourth-order valence-electron chi connectivity index (χ4n) is 6.94. The molecule has 9 heteroatoms. The third-order valence-corrected chi connectivity index (χ3v) is 9.68. The number of hydrogen-bond acceptors (Lipinski definition) is 2. The fraction of sp³-hybridized carbons (Fsp3) is 0.0909. The minimum atomic E-state index is 0. The Morgan fingerprint density at radius 1 is 0.340 bits per heavy atom. The van der Waals surface area contributed by atoms with E-state index in [0.29, 0.717) is 0 Å². The molecule has 0 atom stereocenters. The van der Waals surface area contributed by atoms with Crippen LogP contribution in [0.3, 0.4) is 0 Å². The maximum atomic E-state index is 5.35. The van der Waals surface area contributed by atoms with E-state index in [1.807, 2.05) is 46.5 Å². The molecule has 7 aromatic heterocycles. The van der Waals surface area contributed by atoms with Crippen LogP contribution in [0.15, 0.2) is 122 Å². The zero-order valence-electron chi connectivity index (χ0n) is 29.8. The molecular formula is C44H36FeN8+7. The molecule has 0 aliphatic carbocycles. The maximum absolute atomic E-state index is 5.35. The third kappa shape index (κ3) is 6.31. The van der Waals surface area contributed by atoms with E-state index in [0.717, 1.165) is 89.4 Å². The minimum absolute atomic E-state index is 0. The van der Waals surface area contributed by atoms with Gasteiger partial charge in [-0.05, 0) is 68.8 Å². The van der Waals surface area contributed by atoms with Crippen LogP contribution in [0, 0.1) is 0 Å². The summed E-state index contributed by atoms with van der Waals surface area (Å²) in [6.45, 7) is 0. The number of fused-ring (bicyclic) bond motifs is 8. The van der Waals surface area contributed by atoms with Crippen molar-refractivity contribution in [2.45, 2.75) is 0 Å². The van der Waals surface area contributed by atoms with Gasteiger partial charge >= 0.3 is 17.1 Å². The molecule has 0 N–H and O–H groups in total. The first-order chi connectivity index (χ1) is 25.4. The molecule has 0 saturated heterocycles. The molecule has 0 spiro atoms. The molecule has 0 fully saturated rings. The summed E-state index contributed by atoms with van der Waals surface area (Å²) >= 11 is 0. The van der Waals surface area contributed by atoms with Crippen molar-refractivity contribution in [3.63, 3.8) is 0 Å². The van der Waals surface area contributed by atoms with Crippen LogP contribution in [-0.4, -0.2) is 9.97 Å². The molecule has 1 radical (unpaired) electrons. The molecule has 253 valence electrons. The first-order valence-corrected chi connectivity index (χ1v) is 17.3. The normalized spacial score (nSPS) is 11.8. The van der Waals surface area contributed by atoms with Gasteiger partial charge in [-0.25, -0.2) is 28.2 Å². The number of aryl methyl sites for hydroxylation is 4. The molecule has 0 unspecified atom stereocenters. The molecule has 2 aliphatic rings. The van der Waals surface area contributed by atoms with Crippen LogP contribution in [-0.2, 0) is 45.3 Å². The van der Waals surface area contributed by atoms with Crippen molar-refractivity contribution < 1.29 is 35.3 Å². The first kappa shape index (κ1) is 33.8. The predicted molar refractivity (Wildman–Crippen MR) is 203 cm³/mol. The summed E-state index contributed by atoms with van der Waals surface area (Å²) in [7, 11) is 8.10. The van der Waals surface area contributed by atoms with Crippen LogP contribution >= 0.6 is 0 Å². The van der Waals surface area contributed by atoms with Gasteiger partial charge in [0.25, 0.3) is 0 Å². The van der Waals surface area contributed by atoms with E-state index in [9.17, 15) is 0 Å². The maximum Gasteiger partial charge on any atom is 5.00 e. The van der Waals surface area contributed by atoms with Crippen molar-refractivity contribution in [1.29, 1.82) is 0 Å². The van der Waals surface area contributed by atoms with Gasteiger partial charge < -0.3 is 9.97 Å². The van der Waals surface area contributed by atoms with Crippen LogP contribution in [0.4, 0.5) is 0 Å². The van der Waals surface area contributed by atoms with E-state index in [4.69, 9.17) is 19.9 Å². The van der Waals surface area contributed by atoms with Crippen molar-refractivity contribution in [3.8, 4) is 44.5 Å². The molecule has 2 aliphatic heterocycles. The Hall–Kier alpha value is -6.28. The molecule has 53 heavy (non-hydrogen) atoms. The van der Waals surface area contributed by atoms with E-state index in [-0.39, 0.29) is 17.1 Å². The van der Waals surface area contributed by atoms with Gasteiger partial charge in [-0.2, -0.15) is 0 Å². The zero-order chi connectivity index (χ0) is 35.3. The number of nitrogens with zero attached hydrogens (tertiary/aromatic N) is 8. The van der Waals surface area contributed by atoms with Gasteiger partial charge in [0, 0.05) is 48.5 Å². The minimum Gasteiger partial charge on any atom is -0.657 e. The average Bonchev–Trinajstić information content (AvgIpc) is 3.99. The number of hydrogen-bond donors (Lipinski definition) is 0. The third-order valence-electron chi connectivity index (χ3n) is 9.68. The summed E-state index contributed by atoms with van der Waals surface area (Å²) in [6, 6.07) is 25.4. The van der Waals surface area contributed by atoms with E-state index < -0.39 is 0 Å². The number of rotatable bonds is 4. The monoisotopic (exact) mass is 732 g/mol. The Kier molecular flexibility index (Phi) is 8.74. The standard InChI is InChI=1S/C44H36N8.Fe/c1-49-21-13-29(14-22-49)41-33-5-7-35(45-33)42(30-15-23-50(2)24-16-30)37-9-11-39(47-37)44(32-19-27-52(4)28-20-32)40-12-10-38(48-40)43(36-8-6-34(41)46-36)31-17-25-51(3)26-18-31;/h5-28H,1-4H3;/q+2;+5. The Balaban J connectivity index is 0.00000400. The molecule has 8 nitrogen and oxygen atoms in total. The summed E-state index contributed by atoms with van der Waals surface area (Å²) in [5, 5.41) is 0. The van der Waals surface area contributed by atoms with Gasteiger partial charge in [0.2, 0.25) is 0 Å². The van der Waals surface area contributed by atoms with Crippen molar-refractivity contribution in [2.75, 3.05) is 0 Å². The Morgan fingerprint density at radius 3 is 0.755 bits per heavy atom. The fourth-order valence-corrected chi connectivity index (χ4v) is 6.94. The Labute approximate surface area is 318 Å². The molecule has 9 heterocycles. The summed E-state index contributed by atoms with van der Waals surface area (Å²) in [4.78, 5) is 21.4. The summed E-state index contributed by atoms with van der Waals surface area (Å²) < 4.78 is 8.14. The van der Waals surface area contributed by atoms with Crippen LogP contribution in [0.5, 0.6) is 0 Å². The van der Waals surface area contributed by atoms with Crippen molar-refractivity contribution in [1.82, 2.24) is 19.9 Å². The van der Waals surface area contributed by atoms with Crippen LogP contribution in [0.25, 0.3) is 90.9 Å². The second-order valence-corrected chi connectivity index (χ2v) is 13.4. The molecule has 0 aromatic carbocycles. The van der Waals surface area contributed by atoms with Gasteiger partial charge in [0.05, 0.1) is 22.8 Å². The summed E-state index contributed by atoms with van der Waals surface area (Å²) in [5.74, 6) is 0. The van der Waals surface area contributed by atoms with E-state index in [1.54, 1.807) is 0 Å². The van der Waals surface area contributed by atoms with Gasteiger partial charge in [0.15, 0.2) is 49.6 Å². The van der Waals surface area contributed by atoms with E-state index in [1.165, 1.54) is 0 Å². The van der Waals surface area contributed by atoms with Gasteiger partial charge in [-0.1, -0.05) is 24.3 Å². The smallest absolute Gasteiger partial charge is 0.657 e. The number of aromatic nitrogens is 8. The SMILES string of the molecule is C[n+]1ccc(-c2c3nc(c(-c4cc[n+](C)cc4)c4ccc([n-]4)c(-c4cc[n+](C)cc4)c4nc(c(-c5cc[n+](C)cc5)c5ccc2[n-]5)C=C4)C=C3)cc1.[Fe+5]. The predicted octanol–water partition coefficient (Wildman–Crippen LogP) is 5.88. The van der Waals surface area contributed by atoms with Crippen LogP contribution < -0.4 is 28.2 Å². The molecule has 9 rings (SSSR count). The molecule has 8 bridgehead atoms. The number of pyridine rings is 4. The van der Waals surface area contributed by atoms with Gasteiger partial charge in [0.1, 0.15) is 28.2 Å². The van der Waals surface area contributed by atoms with Crippen molar-refractivity contribution in [3.05, 3.63) is 145 Å².